The van der Waals surface area contributed by atoms with Gasteiger partial charge in [-0.15, -0.1) is 11.3 Å². The van der Waals surface area contributed by atoms with Gasteiger partial charge in [-0.05, 0) is 60.3 Å². The van der Waals surface area contributed by atoms with Gasteiger partial charge in [-0.1, -0.05) is 39.8 Å². The quantitative estimate of drug-likeness (QED) is 0.604. The third-order valence-electron chi connectivity index (χ3n) is 5.55. The topological polar surface area (TPSA) is 81.4 Å². The summed E-state index contributed by atoms with van der Waals surface area (Å²) in [6.07, 6.45) is 3.77. The summed E-state index contributed by atoms with van der Waals surface area (Å²) in [5.74, 6) is 0.824. The van der Waals surface area contributed by atoms with Crippen molar-refractivity contribution in [3.63, 3.8) is 0 Å². The number of nitrogens with two attached hydrogens (primary N) is 1. The van der Waals surface area contributed by atoms with E-state index >= 15 is 0 Å². The van der Waals surface area contributed by atoms with Gasteiger partial charge in [0.2, 0.25) is 5.91 Å². The number of ether oxygens (including phenoxy) is 1. The highest BCUT2D eigenvalue weighted by Crippen LogP contribution is 2.39. The number of fused-ring (bicyclic) bond motifs is 1. The smallest absolute Gasteiger partial charge is 0.251 e. The normalized spacial score (nSPS) is 16.1. The number of anilines is 1. The SMILES string of the molecule is CC1CCc2c(sc(NC(=O)CCCOc3ccc(C(C)(C)C)cc3)c2C(N)=O)C1. The van der Waals surface area contributed by atoms with Crippen LogP contribution in [0.1, 0.15) is 73.3 Å². The molecule has 1 aliphatic rings. The lowest BCUT2D eigenvalue weighted by Crippen LogP contribution is -2.19. The maximum Gasteiger partial charge on any atom is 0.251 e. The van der Waals surface area contributed by atoms with Gasteiger partial charge in [0.25, 0.3) is 5.91 Å². The second-order valence-electron chi connectivity index (χ2n) is 9.19. The van der Waals surface area contributed by atoms with Crippen molar-refractivity contribution < 1.29 is 14.3 Å². The van der Waals surface area contributed by atoms with Crippen LogP contribution >= 0.6 is 11.3 Å². The monoisotopic (exact) mass is 428 g/mol. The first-order valence-electron chi connectivity index (χ1n) is 10.6. The number of primary amides is 1. The Labute approximate surface area is 183 Å². The van der Waals surface area contributed by atoms with Crippen molar-refractivity contribution in [3.05, 3.63) is 45.8 Å². The minimum Gasteiger partial charge on any atom is -0.494 e. The predicted molar refractivity (Wildman–Crippen MR) is 123 cm³/mol. The van der Waals surface area contributed by atoms with Crippen molar-refractivity contribution in [1.82, 2.24) is 0 Å². The number of rotatable bonds is 7. The van der Waals surface area contributed by atoms with E-state index in [-0.39, 0.29) is 11.3 Å². The van der Waals surface area contributed by atoms with Crippen molar-refractivity contribution in [2.24, 2.45) is 11.7 Å². The largest absolute Gasteiger partial charge is 0.494 e. The Morgan fingerprint density at radius 1 is 1.23 bits per heavy atom. The summed E-state index contributed by atoms with van der Waals surface area (Å²) in [6.45, 7) is 9.20. The Morgan fingerprint density at radius 2 is 1.93 bits per heavy atom. The van der Waals surface area contributed by atoms with Gasteiger partial charge in [-0.25, -0.2) is 0 Å². The van der Waals surface area contributed by atoms with E-state index < -0.39 is 5.91 Å². The van der Waals surface area contributed by atoms with E-state index in [1.807, 2.05) is 12.1 Å². The molecule has 1 atom stereocenters. The molecular formula is C24H32N2O3S. The number of carbonyl (C=O) groups is 2. The number of thiophene rings is 1. The summed E-state index contributed by atoms with van der Waals surface area (Å²) in [7, 11) is 0. The molecule has 1 heterocycles. The summed E-state index contributed by atoms with van der Waals surface area (Å²) in [5, 5.41) is 3.51. The fraction of sp³-hybridized carbons (Fsp3) is 0.500. The molecule has 1 aromatic heterocycles. The number of hydrogen-bond donors (Lipinski definition) is 2. The van der Waals surface area contributed by atoms with Crippen molar-refractivity contribution in [2.75, 3.05) is 11.9 Å². The van der Waals surface area contributed by atoms with Gasteiger partial charge in [-0.3, -0.25) is 9.59 Å². The van der Waals surface area contributed by atoms with Crippen molar-refractivity contribution >= 4 is 28.2 Å². The lowest BCUT2D eigenvalue weighted by molar-refractivity contribution is -0.116. The van der Waals surface area contributed by atoms with Crippen molar-refractivity contribution in [2.45, 2.75) is 65.2 Å². The van der Waals surface area contributed by atoms with Crippen LogP contribution in [0.3, 0.4) is 0 Å². The molecule has 0 spiro atoms. The molecule has 0 saturated carbocycles. The highest BCUT2D eigenvalue weighted by atomic mass is 32.1. The summed E-state index contributed by atoms with van der Waals surface area (Å²) in [4.78, 5) is 25.6. The van der Waals surface area contributed by atoms with E-state index in [0.29, 0.717) is 35.9 Å². The summed E-state index contributed by atoms with van der Waals surface area (Å²) < 4.78 is 5.76. The number of amides is 2. The first-order chi connectivity index (χ1) is 14.1. The average molecular weight is 429 g/mol. The molecule has 0 aliphatic heterocycles. The molecule has 1 aromatic carbocycles. The molecular weight excluding hydrogens is 396 g/mol. The molecule has 2 amide bonds. The fourth-order valence-electron chi connectivity index (χ4n) is 3.76. The molecule has 0 saturated heterocycles. The minimum absolute atomic E-state index is 0.111. The van der Waals surface area contributed by atoms with E-state index in [0.717, 1.165) is 30.6 Å². The van der Waals surface area contributed by atoms with Gasteiger partial charge in [0.15, 0.2) is 0 Å². The van der Waals surface area contributed by atoms with Crippen LogP contribution in [0, 0.1) is 5.92 Å². The number of hydrogen-bond acceptors (Lipinski definition) is 4. The molecule has 30 heavy (non-hydrogen) atoms. The molecule has 2 aromatic rings. The van der Waals surface area contributed by atoms with Crippen LogP contribution in [0.15, 0.2) is 24.3 Å². The van der Waals surface area contributed by atoms with Gasteiger partial charge in [0, 0.05) is 11.3 Å². The van der Waals surface area contributed by atoms with Crippen molar-refractivity contribution in [3.8, 4) is 5.75 Å². The fourth-order valence-corrected chi connectivity index (χ4v) is 5.19. The van der Waals surface area contributed by atoms with Crippen LogP contribution in [0.4, 0.5) is 5.00 Å². The van der Waals surface area contributed by atoms with Crippen LogP contribution in [0.25, 0.3) is 0 Å². The van der Waals surface area contributed by atoms with E-state index in [1.54, 1.807) is 0 Å². The third kappa shape index (κ3) is 5.42. The summed E-state index contributed by atoms with van der Waals surface area (Å²) in [6, 6.07) is 8.09. The molecule has 3 N–H and O–H groups in total. The molecule has 5 nitrogen and oxygen atoms in total. The van der Waals surface area contributed by atoms with E-state index in [4.69, 9.17) is 10.5 Å². The third-order valence-corrected chi connectivity index (χ3v) is 6.72. The zero-order valence-electron chi connectivity index (χ0n) is 18.3. The number of carbonyl (C=O) groups excluding carboxylic acids is 2. The van der Waals surface area contributed by atoms with Gasteiger partial charge in [0.05, 0.1) is 12.2 Å². The van der Waals surface area contributed by atoms with Gasteiger partial charge in [-0.2, -0.15) is 0 Å². The Kier molecular flexibility index (Phi) is 6.86. The number of benzene rings is 1. The lowest BCUT2D eigenvalue weighted by Gasteiger charge is -2.19. The van der Waals surface area contributed by atoms with Crippen LogP contribution < -0.4 is 15.8 Å². The van der Waals surface area contributed by atoms with E-state index in [9.17, 15) is 9.59 Å². The van der Waals surface area contributed by atoms with E-state index in [2.05, 4.69) is 45.1 Å². The Bertz CT molecular complexity index is 910. The Morgan fingerprint density at radius 3 is 2.57 bits per heavy atom. The first-order valence-corrected chi connectivity index (χ1v) is 11.4. The lowest BCUT2D eigenvalue weighted by atomic mass is 9.87. The Hall–Kier alpha value is -2.34. The molecule has 0 fully saturated rings. The maximum absolute atomic E-state index is 12.4. The second-order valence-corrected chi connectivity index (χ2v) is 10.3. The maximum atomic E-state index is 12.4. The highest BCUT2D eigenvalue weighted by Gasteiger charge is 2.27. The van der Waals surface area contributed by atoms with Crippen LogP contribution in [0.2, 0.25) is 0 Å². The second kappa shape index (κ2) is 9.21. The zero-order chi connectivity index (χ0) is 21.9. The van der Waals surface area contributed by atoms with Crippen LogP contribution in [0.5, 0.6) is 5.75 Å². The summed E-state index contributed by atoms with van der Waals surface area (Å²) >= 11 is 1.50. The highest BCUT2D eigenvalue weighted by molar-refractivity contribution is 7.17. The Balaban J connectivity index is 1.51. The predicted octanol–water partition coefficient (Wildman–Crippen LogP) is 5.07. The van der Waals surface area contributed by atoms with Gasteiger partial charge in [0.1, 0.15) is 10.8 Å². The first kappa shape index (κ1) is 22.3. The molecule has 0 radical (unpaired) electrons. The molecule has 3 rings (SSSR count). The molecule has 6 heteroatoms. The van der Waals surface area contributed by atoms with Crippen LogP contribution in [-0.2, 0) is 23.1 Å². The molecule has 0 bridgehead atoms. The molecule has 1 aliphatic carbocycles. The minimum atomic E-state index is -0.459. The van der Waals surface area contributed by atoms with Crippen molar-refractivity contribution in [1.29, 1.82) is 0 Å². The van der Waals surface area contributed by atoms with Gasteiger partial charge >= 0.3 is 0 Å². The van der Waals surface area contributed by atoms with Crippen LogP contribution in [-0.4, -0.2) is 18.4 Å². The number of nitrogens with one attached hydrogen (secondary N) is 1. The average Bonchev–Trinajstić information content (AvgIpc) is 3.01. The molecule has 162 valence electrons. The molecule has 1 unspecified atom stereocenters. The standard InChI is InChI=1S/C24H32N2O3S/c1-15-7-12-18-19(14-15)30-23(21(18)22(25)28)26-20(27)6-5-13-29-17-10-8-16(9-11-17)24(2,3)4/h8-11,15H,5-7,12-14H2,1-4H3,(H2,25,28)(H,26,27). The van der Waals surface area contributed by atoms with E-state index in [1.165, 1.54) is 21.8 Å². The summed E-state index contributed by atoms with van der Waals surface area (Å²) in [5.41, 5.74) is 8.52. The zero-order valence-corrected chi connectivity index (χ0v) is 19.2. The van der Waals surface area contributed by atoms with Gasteiger partial charge < -0.3 is 15.8 Å².